The molecule has 0 radical (unpaired) electrons. The van der Waals surface area contributed by atoms with E-state index in [1.54, 1.807) is 0 Å². The van der Waals surface area contributed by atoms with Crippen LogP contribution in [-0.2, 0) is 0 Å². The van der Waals surface area contributed by atoms with Gasteiger partial charge in [-0.15, -0.1) is 0 Å². The Morgan fingerprint density at radius 1 is 1.08 bits per heavy atom. The predicted molar refractivity (Wildman–Crippen MR) is 51.8 cm³/mol. The highest BCUT2D eigenvalue weighted by atomic mass is 15.0. The van der Waals surface area contributed by atoms with Crippen LogP contribution in [0.5, 0.6) is 0 Å². The molecular formula is C9H19N3. The van der Waals surface area contributed by atoms with Gasteiger partial charge >= 0.3 is 0 Å². The molecule has 0 aromatic carbocycles. The Morgan fingerprint density at radius 3 is 2.00 bits per heavy atom. The monoisotopic (exact) mass is 169 g/mol. The van der Waals surface area contributed by atoms with Crippen molar-refractivity contribution in [3.8, 4) is 0 Å². The maximum Gasteiger partial charge on any atom is 0.186 e. The number of nitrogens with two attached hydrogens (primary N) is 2. The number of hydrogen-bond donors (Lipinski definition) is 2. The quantitative estimate of drug-likeness (QED) is 0.456. The molecule has 70 valence electrons. The van der Waals surface area contributed by atoms with Crippen molar-refractivity contribution in [2.24, 2.45) is 28.3 Å². The van der Waals surface area contributed by atoms with E-state index in [1.165, 1.54) is 6.42 Å². The predicted octanol–water partition coefficient (Wildman–Crippen LogP) is 1.08. The summed E-state index contributed by atoms with van der Waals surface area (Å²) in [6, 6.07) is 0.369. The SMILES string of the molecule is CC1CC(C)CC(N=C(N)N)C1. The van der Waals surface area contributed by atoms with E-state index in [0.29, 0.717) is 6.04 Å². The second kappa shape index (κ2) is 3.78. The molecule has 1 rings (SSSR count). The Hall–Kier alpha value is -0.730. The number of hydrogen-bond acceptors (Lipinski definition) is 1. The molecule has 0 spiro atoms. The molecule has 3 nitrogen and oxygen atoms in total. The summed E-state index contributed by atoms with van der Waals surface area (Å²) in [5, 5.41) is 0. The van der Waals surface area contributed by atoms with Crippen molar-refractivity contribution < 1.29 is 0 Å². The van der Waals surface area contributed by atoms with Gasteiger partial charge in [0.05, 0.1) is 6.04 Å². The first-order valence-corrected chi connectivity index (χ1v) is 4.66. The van der Waals surface area contributed by atoms with Crippen molar-refractivity contribution in [2.45, 2.75) is 39.2 Å². The average molecular weight is 169 g/mol. The lowest BCUT2D eigenvalue weighted by Crippen LogP contribution is -2.29. The standard InChI is InChI=1S/C9H19N3/c1-6-3-7(2)5-8(4-6)12-9(10)11/h6-8H,3-5H2,1-2H3,(H4,10,11,12). The van der Waals surface area contributed by atoms with Crippen LogP contribution < -0.4 is 11.5 Å². The molecule has 2 unspecified atom stereocenters. The lowest BCUT2D eigenvalue weighted by molar-refractivity contribution is 0.270. The molecular weight excluding hydrogens is 150 g/mol. The van der Waals surface area contributed by atoms with Gasteiger partial charge in [-0.2, -0.15) is 0 Å². The first-order valence-electron chi connectivity index (χ1n) is 4.66. The van der Waals surface area contributed by atoms with Crippen LogP contribution in [0.2, 0.25) is 0 Å². The van der Waals surface area contributed by atoms with Crippen molar-refractivity contribution in [2.75, 3.05) is 0 Å². The minimum Gasteiger partial charge on any atom is -0.370 e. The van der Waals surface area contributed by atoms with Crippen molar-refractivity contribution >= 4 is 5.96 Å². The molecule has 3 heteroatoms. The molecule has 1 aliphatic carbocycles. The van der Waals surface area contributed by atoms with E-state index >= 15 is 0 Å². The Kier molecular flexibility index (Phi) is 2.95. The molecule has 1 saturated carbocycles. The third kappa shape index (κ3) is 2.72. The van der Waals surface area contributed by atoms with Crippen LogP contribution in [-0.4, -0.2) is 12.0 Å². The van der Waals surface area contributed by atoms with Crippen LogP contribution in [0.25, 0.3) is 0 Å². The smallest absolute Gasteiger partial charge is 0.186 e. The van der Waals surface area contributed by atoms with Gasteiger partial charge in [0.2, 0.25) is 0 Å². The first kappa shape index (κ1) is 9.36. The van der Waals surface area contributed by atoms with E-state index in [4.69, 9.17) is 11.5 Å². The summed E-state index contributed by atoms with van der Waals surface area (Å²) in [7, 11) is 0. The molecule has 0 aliphatic heterocycles. The molecule has 0 amide bonds. The summed E-state index contributed by atoms with van der Waals surface area (Å²) in [5.41, 5.74) is 10.7. The number of rotatable bonds is 1. The van der Waals surface area contributed by atoms with Crippen LogP contribution in [0, 0.1) is 11.8 Å². The molecule has 0 saturated heterocycles. The van der Waals surface area contributed by atoms with E-state index in [-0.39, 0.29) is 5.96 Å². The molecule has 1 fully saturated rings. The third-order valence-electron chi connectivity index (χ3n) is 2.49. The number of guanidine groups is 1. The lowest BCUT2D eigenvalue weighted by atomic mass is 9.81. The molecule has 4 N–H and O–H groups in total. The summed E-state index contributed by atoms with van der Waals surface area (Å²) in [5.74, 6) is 1.77. The molecule has 0 heterocycles. The lowest BCUT2D eigenvalue weighted by Gasteiger charge is -2.28. The zero-order valence-electron chi connectivity index (χ0n) is 7.96. The van der Waals surface area contributed by atoms with Crippen LogP contribution in [0.4, 0.5) is 0 Å². The van der Waals surface area contributed by atoms with Crippen molar-refractivity contribution in [1.29, 1.82) is 0 Å². The van der Waals surface area contributed by atoms with E-state index in [1.807, 2.05) is 0 Å². The van der Waals surface area contributed by atoms with Gasteiger partial charge < -0.3 is 11.5 Å². The van der Waals surface area contributed by atoms with Crippen molar-refractivity contribution in [3.63, 3.8) is 0 Å². The minimum atomic E-state index is 0.237. The van der Waals surface area contributed by atoms with Gasteiger partial charge in [-0.3, -0.25) is 4.99 Å². The summed E-state index contributed by atoms with van der Waals surface area (Å²) in [6.45, 7) is 4.54. The Labute approximate surface area is 74.2 Å². The fourth-order valence-electron chi connectivity index (χ4n) is 2.22. The molecule has 0 aromatic rings. The fraction of sp³-hybridized carbons (Fsp3) is 0.889. The third-order valence-corrected chi connectivity index (χ3v) is 2.49. The average Bonchev–Trinajstić information content (AvgIpc) is 1.81. The molecule has 0 bridgehead atoms. The Bertz CT molecular complexity index is 163. The van der Waals surface area contributed by atoms with Gasteiger partial charge in [-0.05, 0) is 31.1 Å². The molecule has 1 aliphatic rings. The highest BCUT2D eigenvalue weighted by molar-refractivity contribution is 5.75. The Balaban J connectivity index is 2.50. The second-order valence-corrected chi connectivity index (χ2v) is 4.13. The van der Waals surface area contributed by atoms with Gasteiger partial charge in [-0.25, -0.2) is 0 Å². The van der Waals surface area contributed by atoms with Gasteiger partial charge in [-0.1, -0.05) is 13.8 Å². The number of aliphatic imine (C=N–C) groups is 1. The molecule has 2 atom stereocenters. The van der Waals surface area contributed by atoms with Crippen molar-refractivity contribution in [3.05, 3.63) is 0 Å². The van der Waals surface area contributed by atoms with E-state index in [9.17, 15) is 0 Å². The van der Waals surface area contributed by atoms with Gasteiger partial charge in [0.15, 0.2) is 5.96 Å². The highest BCUT2D eigenvalue weighted by Gasteiger charge is 2.23. The highest BCUT2D eigenvalue weighted by Crippen LogP contribution is 2.30. The minimum absolute atomic E-state index is 0.237. The number of nitrogens with zero attached hydrogens (tertiary/aromatic N) is 1. The van der Waals surface area contributed by atoms with Gasteiger partial charge in [0, 0.05) is 0 Å². The van der Waals surface area contributed by atoms with Crippen LogP contribution >= 0.6 is 0 Å². The summed E-state index contributed by atoms with van der Waals surface area (Å²) in [4.78, 5) is 4.21. The Morgan fingerprint density at radius 2 is 1.58 bits per heavy atom. The van der Waals surface area contributed by atoms with E-state index in [2.05, 4.69) is 18.8 Å². The summed E-state index contributed by atoms with van der Waals surface area (Å²) < 4.78 is 0. The molecule has 12 heavy (non-hydrogen) atoms. The molecule has 0 aromatic heterocycles. The van der Waals surface area contributed by atoms with Crippen LogP contribution in [0.1, 0.15) is 33.1 Å². The van der Waals surface area contributed by atoms with E-state index < -0.39 is 0 Å². The maximum absolute atomic E-state index is 5.34. The largest absolute Gasteiger partial charge is 0.370 e. The van der Waals surface area contributed by atoms with Crippen molar-refractivity contribution in [1.82, 2.24) is 0 Å². The van der Waals surface area contributed by atoms with Gasteiger partial charge in [0.25, 0.3) is 0 Å². The summed E-state index contributed by atoms with van der Waals surface area (Å²) >= 11 is 0. The second-order valence-electron chi connectivity index (χ2n) is 4.13. The first-order chi connectivity index (χ1) is 5.58. The topological polar surface area (TPSA) is 64.4 Å². The maximum atomic E-state index is 5.34. The van der Waals surface area contributed by atoms with Gasteiger partial charge in [0.1, 0.15) is 0 Å². The normalized spacial score (nSPS) is 36.0. The fourth-order valence-corrected chi connectivity index (χ4v) is 2.22. The van der Waals surface area contributed by atoms with Crippen LogP contribution in [0.3, 0.4) is 0 Å². The zero-order chi connectivity index (χ0) is 9.14. The van der Waals surface area contributed by atoms with E-state index in [0.717, 1.165) is 24.7 Å². The zero-order valence-corrected chi connectivity index (χ0v) is 7.96. The van der Waals surface area contributed by atoms with Crippen LogP contribution in [0.15, 0.2) is 4.99 Å². The summed E-state index contributed by atoms with van der Waals surface area (Å²) in [6.07, 6.45) is 3.60.